The van der Waals surface area contributed by atoms with Gasteiger partial charge in [-0.1, -0.05) is 0 Å². The zero-order valence-electron chi connectivity index (χ0n) is 8.25. The van der Waals surface area contributed by atoms with Crippen LogP contribution < -0.4 is 0 Å². The quantitative estimate of drug-likeness (QED) is 0.449. The molecule has 0 aliphatic carbocycles. The second-order valence-corrected chi connectivity index (χ2v) is 5.93. The monoisotopic (exact) mass is 422 g/mol. The molecule has 0 heterocycles. The van der Waals surface area contributed by atoms with Crippen molar-refractivity contribution in [3.63, 3.8) is 0 Å². The van der Waals surface area contributed by atoms with Crippen LogP contribution in [-0.4, -0.2) is 41.0 Å². The van der Waals surface area contributed by atoms with E-state index in [2.05, 4.69) is 28.2 Å². The summed E-state index contributed by atoms with van der Waals surface area (Å²) in [7, 11) is 0. The van der Waals surface area contributed by atoms with Gasteiger partial charge in [0, 0.05) is 0 Å². The molecule has 0 N–H and O–H groups in total. The molecule has 7 heteroatoms. The van der Waals surface area contributed by atoms with Gasteiger partial charge in [-0.2, -0.15) is 0 Å². The molecule has 0 fully saturated rings. The first kappa shape index (κ1) is 14.5. The average molecular weight is 422 g/mol. The maximum absolute atomic E-state index is 10.8. The Balaban J connectivity index is 4.48. The van der Waals surface area contributed by atoms with Crippen LogP contribution in [0.5, 0.6) is 0 Å². The van der Waals surface area contributed by atoms with Crippen molar-refractivity contribution in [1.82, 2.24) is 0 Å². The minimum absolute atomic E-state index is 0.827. The van der Waals surface area contributed by atoms with E-state index in [4.69, 9.17) is 0 Å². The van der Waals surface area contributed by atoms with Gasteiger partial charge in [-0.05, 0) is 0 Å². The summed E-state index contributed by atoms with van der Waals surface area (Å²) in [5.41, 5.74) is 0. The zero-order valence-corrected chi connectivity index (χ0v) is 11.7. The van der Waals surface area contributed by atoms with Gasteiger partial charge in [-0.15, -0.1) is 0 Å². The Morgan fingerprint density at radius 2 is 1.00 bits per heavy atom. The van der Waals surface area contributed by atoms with Crippen LogP contribution in [0, 0.1) is 0 Å². The summed E-state index contributed by atoms with van der Waals surface area (Å²) in [6, 6.07) is 0. The third-order valence-corrected chi connectivity index (χ3v) is 4.83. The molecule has 0 aliphatic heterocycles. The molecule has 0 spiro atoms. The minimum atomic E-state index is -3.89. The molecule has 0 rings (SSSR count). The topological polar surface area (TPSA) is 78.9 Å². The first-order valence-electron chi connectivity index (χ1n) is 3.86. The Kier molecular flexibility index (Phi) is 7.04. The third kappa shape index (κ3) is 6.08. The van der Waals surface area contributed by atoms with E-state index in [9.17, 15) is 14.4 Å². The van der Waals surface area contributed by atoms with Crippen molar-refractivity contribution < 1.29 is 22.8 Å². The normalized spacial score (nSPS) is 8.81. The molecule has 0 unspecified atom stereocenters. The van der Waals surface area contributed by atoms with Crippen molar-refractivity contribution in [1.29, 1.82) is 0 Å². The van der Waals surface area contributed by atoms with Gasteiger partial charge in [-0.3, -0.25) is 0 Å². The van der Waals surface area contributed by atoms with Gasteiger partial charge in [0.15, 0.2) is 0 Å². The second-order valence-electron chi connectivity index (χ2n) is 2.07. The number of carbonyl (C=O) groups is 3. The Labute approximate surface area is 102 Å². The summed E-state index contributed by atoms with van der Waals surface area (Å²) in [4.78, 5) is 32.5. The zero-order chi connectivity index (χ0) is 12.6. The first-order chi connectivity index (χ1) is 7.53. The van der Waals surface area contributed by atoms with Crippen molar-refractivity contribution in [2.75, 3.05) is 0 Å². The number of hydrogen-bond acceptors (Lipinski definition) is 6. The molecule has 0 radical (unpaired) electrons. The van der Waals surface area contributed by atoms with Crippen molar-refractivity contribution in [3.05, 3.63) is 38.0 Å². The van der Waals surface area contributed by atoms with Crippen molar-refractivity contribution in [3.8, 4) is 0 Å². The fraction of sp³-hybridized carbons (Fsp3) is 0. The summed E-state index contributed by atoms with van der Waals surface area (Å²) < 4.78 is 13.8. The molecule has 0 amide bonds. The van der Waals surface area contributed by atoms with E-state index in [-0.39, 0.29) is 0 Å². The Hall–Kier alpha value is -1.49. The molecule has 0 aromatic heterocycles. The van der Waals surface area contributed by atoms with Crippen LogP contribution in [0.2, 0.25) is 0 Å². The van der Waals surface area contributed by atoms with Crippen LogP contribution in [0.4, 0.5) is 0 Å². The van der Waals surface area contributed by atoms with Gasteiger partial charge in [0.2, 0.25) is 0 Å². The van der Waals surface area contributed by atoms with Crippen LogP contribution in [-0.2, 0) is 22.8 Å². The fourth-order valence-electron chi connectivity index (χ4n) is 0.388. The van der Waals surface area contributed by atoms with Gasteiger partial charge in [0.25, 0.3) is 0 Å². The van der Waals surface area contributed by atoms with E-state index in [0.29, 0.717) is 0 Å². The van der Waals surface area contributed by atoms with Crippen molar-refractivity contribution in [2.24, 2.45) is 0 Å². The molecule has 6 nitrogen and oxygen atoms in total. The molecule has 0 aliphatic rings. The predicted molar refractivity (Wildman–Crippen MR) is 54.6 cm³/mol. The van der Waals surface area contributed by atoms with E-state index in [1.165, 1.54) is 0 Å². The summed E-state index contributed by atoms with van der Waals surface area (Å²) in [5, 5.41) is 0. The van der Waals surface area contributed by atoms with Crippen LogP contribution in [0.15, 0.2) is 38.0 Å². The maximum atomic E-state index is 10.8. The molecule has 0 aromatic carbocycles. The van der Waals surface area contributed by atoms with Crippen LogP contribution in [0.25, 0.3) is 0 Å². The van der Waals surface area contributed by atoms with E-state index in [1.807, 2.05) is 0 Å². The SMILES string of the molecule is C=CC(=O)[O][Bi]([O]C(=O)C=C)[O]C(=O)C=C. The van der Waals surface area contributed by atoms with E-state index < -0.39 is 41.0 Å². The van der Waals surface area contributed by atoms with Crippen LogP contribution in [0.1, 0.15) is 0 Å². The van der Waals surface area contributed by atoms with Crippen LogP contribution in [0.3, 0.4) is 0 Å². The summed E-state index contributed by atoms with van der Waals surface area (Å²) >= 11 is -3.89. The Bertz CT molecular complexity index is 283. The molecular weight excluding hydrogens is 413 g/mol. The van der Waals surface area contributed by atoms with Gasteiger partial charge in [0.05, 0.1) is 0 Å². The number of hydrogen-bond donors (Lipinski definition) is 0. The molecular formula is C9H9BiO6. The molecule has 0 aromatic rings. The Morgan fingerprint density at radius 3 is 1.19 bits per heavy atom. The molecule has 0 bridgehead atoms. The summed E-state index contributed by atoms with van der Waals surface area (Å²) in [6.45, 7) is 9.45. The van der Waals surface area contributed by atoms with Crippen LogP contribution >= 0.6 is 0 Å². The van der Waals surface area contributed by atoms with Gasteiger partial charge < -0.3 is 0 Å². The number of carbonyl (C=O) groups excluding carboxylic acids is 3. The average Bonchev–Trinajstić information content (AvgIpc) is 2.28. The number of rotatable bonds is 6. The summed E-state index contributed by atoms with van der Waals surface area (Å²) in [5.74, 6) is -2.48. The predicted octanol–water partition coefficient (Wildman–Crippen LogP) is 0.159. The molecule has 16 heavy (non-hydrogen) atoms. The third-order valence-electron chi connectivity index (χ3n) is 0.994. The second kappa shape index (κ2) is 7.76. The van der Waals surface area contributed by atoms with E-state index >= 15 is 0 Å². The molecule has 0 saturated carbocycles. The van der Waals surface area contributed by atoms with E-state index in [1.54, 1.807) is 0 Å². The summed E-state index contributed by atoms with van der Waals surface area (Å²) in [6.07, 6.45) is 2.60. The van der Waals surface area contributed by atoms with Crippen molar-refractivity contribution >= 4 is 41.0 Å². The molecule has 0 atom stereocenters. The van der Waals surface area contributed by atoms with Gasteiger partial charge in [-0.25, -0.2) is 0 Å². The Morgan fingerprint density at radius 1 is 0.750 bits per heavy atom. The van der Waals surface area contributed by atoms with Gasteiger partial charge >= 0.3 is 102 Å². The van der Waals surface area contributed by atoms with Gasteiger partial charge in [0.1, 0.15) is 0 Å². The van der Waals surface area contributed by atoms with E-state index in [0.717, 1.165) is 18.2 Å². The molecule has 86 valence electrons. The van der Waals surface area contributed by atoms with Crippen molar-refractivity contribution in [2.45, 2.75) is 0 Å². The molecule has 0 saturated heterocycles. The fourth-order valence-corrected chi connectivity index (χ4v) is 3.41. The standard InChI is InChI=1S/3C3H4O2.Bi/c3*1-2-3(4)5;/h3*2H,1H2,(H,4,5);/q;;;+3/p-3. The first-order valence-corrected chi connectivity index (χ1v) is 8.12.